The zero-order valence-corrected chi connectivity index (χ0v) is 19.0. The molecule has 3 aromatic rings. The van der Waals surface area contributed by atoms with Gasteiger partial charge in [-0.1, -0.05) is 42.5 Å². The zero-order chi connectivity index (χ0) is 21.3. The standard InChI is InChI=1S/C23H20IN3O2S/c24-18-9-4-8-17(14-18)22(29)27-23(30)26-20-11-5-10-19(15-20)25-21(28)13-12-16-6-2-1-3-7-16/h1-11,14-15H,12-13H2,(H,25,28)(H2,26,27,29,30). The lowest BCUT2D eigenvalue weighted by Gasteiger charge is -2.11. The molecule has 0 bridgehead atoms. The van der Waals surface area contributed by atoms with Gasteiger partial charge in [0, 0.05) is 26.9 Å². The smallest absolute Gasteiger partial charge is 0.257 e. The van der Waals surface area contributed by atoms with Crippen molar-refractivity contribution in [2.45, 2.75) is 12.8 Å². The minimum Gasteiger partial charge on any atom is -0.332 e. The van der Waals surface area contributed by atoms with Crippen LogP contribution in [0.25, 0.3) is 0 Å². The molecule has 0 heterocycles. The van der Waals surface area contributed by atoms with Crippen molar-refractivity contribution in [3.8, 4) is 0 Å². The first kappa shape index (κ1) is 21.9. The van der Waals surface area contributed by atoms with Crippen LogP contribution in [0.5, 0.6) is 0 Å². The largest absolute Gasteiger partial charge is 0.332 e. The molecule has 0 aliphatic carbocycles. The molecule has 152 valence electrons. The van der Waals surface area contributed by atoms with E-state index in [0.29, 0.717) is 29.8 Å². The number of nitrogens with one attached hydrogen (secondary N) is 3. The molecule has 0 unspecified atom stereocenters. The molecule has 0 fully saturated rings. The van der Waals surface area contributed by atoms with Crippen LogP contribution in [0.3, 0.4) is 0 Å². The fraction of sp³-hybridized carbons (Fsp3) is 0.0870. The Morgan fingerprint density at radius 2 is 1.53 bits per heavy atom. The van der Waals surface area contributed by atoms with Crippen molar-refractivity contribution in [3.05, 3.63) is 93.6 Å². The van der Waals surface area contributed by atoms with Crippen molar-refractivity contribution in [2.75, 3.05) is 10.6 Å². The average molecular weight is 529 g/mol. The highest BCUT2D eigenvalue weighted by Crippen LogP contribution is 2.16. The molecule has 0 aromatic heterocycles. The monoisotopic (exact) mass is 529 g/mol. The molecule has 30 heavy (non-hydrogen) atoms. The fourth-order valence-corrected chi connectivity index (χ4v) is 3.52. The number of carbonyl (C=O) groups is 2. The number of anilines is 2. The molecular weight excluding hydrogens is 509 g/mol. The number of amides is 2. The van der Waals surface area contributed by atoms with E-state index in [-0.39, 0.29) is 16.9 Å². The Balaban J connectivity index is 1.52. The molecule has 0 spiro atoms. The lowest BCUT2D eigenvalue weighted by Crippen LogP contribution is -2.34. The Kier molecular flexibility index (Phi) is 7.92. The molecular formula is C23H20IN3O2S. The van der Waals surface area contributed by atoms with E-state index in [1.165, 1.54) is 0 Å². The summed E-state index contributed by atoms with van der Waals surface area (Å²) < 4.78 is 0.967. The fourth-order valence-electron chi connectivity index (χ4n) is 2.77. The number of hydrogen-bond acceptors (Lipinski definition) is 3. The molecule has 0 aliphatic rings. The summed E-state index contributed by atoms with van der Waals surface area (Å²) in [5.74, 6) is -0.345. The van der Waals surface area contributed by atoms with Crippen molar-refractivity contribution < 1.29 is 9.59 Å². The molecule has 0 atom stereocenters. The predicted octanol–water partition coefficient (Wildman–Crippen LogP) is 4.99. The van der Waals surface area contributed by atoms with Crippen LogP contribution >= 0.6 is 34.8 Å². The Morgan fingerprint density at radius 1 is 0.833 bits per heavy atom. The highest BCUT2D eigenvalue weighted by Gasteiger charge is 2.09. The SMILES string of the molecule is O=C(CCc1ccccc1)Nc1cccc(NC(=S)NC(=O)c2cccc(I)c2)c1. The van der Waals surface area contributed by atoms with Crippen molar-refractivity contribution >= 4 is 63.1 Å². The normalized spacial score (nSPS) is 10.2. The maximum absolute atomic E-state index is 12.3. The summed E-state index contributed by atoms with van der Waals surface area (Å²) in [5.41, 5.74) is 2.98. The van der Waals surface area contributed by atoms with Gasteiger partial charge in [0.2, 0.25) is 5.91 Å². The molecule has 0 saturated carbocycles. The van der Waals surface area contributed by atoms with E-state index in [2.05, 4.69) is 38.5 Å². The van der Waals surface area contributed by atoms with E-state index < -0.39 is 0 Å². The minimum absolute atomic E-state index is 0.0643. The maximum Gasteiger partial charge on any atom is 0.257 e. The number of halogens is 1. The van der Waals surface area contributed by atoms with Gasteiger partial charge in [-0.25, -0.2) is 0 Å². The van der Waals surface area contributed by atoms with Gasteiger partial charge in [-0.3, -0.25) is 14.9 Å². The maximum atomic E-state index is 12.3. The van der Waals surface area contributed by atoms with Crippen LogP contribution in [-0.4, -0.2) is 16.9 Å². The van der Waals surface area contributed by atoms with E-state index in [4.69, 9.17) is 12.2 Å². The predicted molar refractivity (Wildman–Crippen MR) is 133 cm³/mol. The number of benzene rings is 3. The molecule has 3 rings (SSSR count). The Morgan fingerprint density at radius 3 is 2.27 bits per heavy atom. The van der Waals surface area contributed by atoms with Crippen molar-refractivity contribution in [1.82, 2.24) is 5.32 Å². The van der Waals surface area contributed by atoms with E-state index in [1.807, 2.05) is 48.5 Å². The van der Waals surface area contributed by atoms with E-state index in [0.717, 1.165) is 9.13 Å². The molecule has 0 aliphatic heterocycles. The third kappa shape index (κ3) is 6.93. The Bertz CT molecular complexity index is 1060. The van der Waals surface area contributed by atoms with E-state index in [9.17, 15) is 9.59 Å². The summed E-state index contributed by atoms with van der Waals surface area (Å²) in [6.45, 7) is 0. The lowest BCUT2D eigenvalue weighted by molar-refractivity contribution is -0.116. The second-order valence-electron chi connectivity index (χ2n) is 6.53. The number of rotatable bonds is 6. The Hall–Kier alpha value is -2.78. The van der Waals surface area contributed by atoms with Gasteiger partial charge in [0.15, 0.2) is 5.11 Å². The summed E-state index contributed by atoms with van der Waals surface area (Å²) in [5, 5.41) is 8.71. The second kappa shape index (κ2) is 10.8. The van der Waals surface area contributed by atoms with Crippen LogP contribution in [0.2, 0.25) is 0 Å². The van der Waals surface area contributed by atoms with Crippen LogP contribution in [-0.2, 0) is 11.2 Å². The van der Waals surface area contributed by atoms with Gasteiger partial charge >= 0.3 is 0 Å². The van der Waals surface area contributed by atoms with Gasteiger partial charge in [0.05, 0.1) is 0 Å². The average Bonchev–Trinajstić information content (AvgIpc) is 2.73. The molecule has 5 nitrogen and oxygen atoms in total. The molecule has 3 N–H and O–H groups in total. The topological polar surface area (TPSA) is 70.2 Å². The second-order valence-corrected chi connectivity index (χ2v) is 8.19. The van der Waals surface area contributed by atoms with Crippen LogP contribution in [0, 0.1) is 3.57 Å². The van der Waals surface area contributed by atoms with E-state index >= 15 is 0 Å². The summed E-state index contributed by atoms with van der Waals surface area (Å²) in [4.78, 5) is 24.5. The van der Waals surface area contributed by atoms with Crippen molar-refractivity contribution in [3.63, 3.8) is 0 Å². The molecule has 3 aromatic carbocycles. The first-order valence-corrected chi connectivity index (χ1v) is 10.8. The molecule has 7 heteroatoms. The quantitative estimate of drug-likeness (QED) is 0.311. The van der Waals surface area contributed by atoms with Gasteiger partial charge in [0.1, 0.15) is 0 Å². The minimum atomic E-state index is -0.281. The van der Waals surface area contributed by atoms with Gasteiger partial charge in [-0.2, -0.15) is 0 Å². The number of aryl methyl sites for hydroxylation is 1. The molecule has 2 amide bonds. The van der Waals surface area contributed by atoms with Crippen molar-refractivity contribution in [2.24, 2.45) is 0 Å². The van der Waals surface area contributed by atoms with Gasteiger partial charge in [-0.05, 0) is 83.2 Å². The summed E-state index contributed by atoms with van der Waals surface area (Å²) >= 11 is 7.39. The van der Waals surface area contributed by atoms with Crippen LogP contribution in [0.1, 0.15) is 22.3 Å². The molecule has 0 saturated heterocycles. The van der Waals surface area contributed by atoms with Crippen LogP contribution in [0.15, 0.2) is 78.9 Å². The first-order valence-electron chi connectivity index (χ1n) is 9.31. The molecule has 0 radical (unpaired) electrons. The number of carbonyl (C=O) groups excluding carboxylic acids is 2. The number of hydrogen-bond donors (Lipinski definition) is 3. The van der Waals surface area contributed by atoms with E-state index in [1.54, 1.807) is 30.3 Å². The van der Waals surface area contributed by atoms with Gasteiger partial charge < -0.3 is 10.6 Å². The number of thiocarbonyl (C=S) groups is 1. The van der Waals surface area contributed by atoms with Crippen LogP contribution in [0.4, 0.5) is 11.4 Å². The lowest BCUT2D eigenvalue weighted by atomic mass is 10.1. The highest BCUT2D eigenvalue weighted by atomic mass is 127. The van der Waals surface area contributed by atoms with Crippen molar-refractivity contribution in [1.29, 1.82) is 0 Å². The summed E-state index contributed by atoms with van der Waals surface area (Å²) in [7, 11) is 0. The van der Waals surface area contributed by atoms with Gasteiger partial charge in [-0.15, -0.1) is 0 Å². The van der Waals surface area contributed by atoms with Crippen LogP contribution < -0.4 is 16.0 Å². The third-order valence-corrected chi connectivity index (χ3v) is 5.08. The third-order valence-electron chi connectivity index (χ3n) is 4.20. The first-order chi connectivity index (χ1) is 14.5. The zero-order valence-electron chi connectivity index (χ0n) is 16.0. The summed E-state index contributed by atoms with van der Waals surface area (Å²) in [6, 6.07) is 24.3. The Labute approximate surface area is 194 Å². The van der Waals surface area contributed by atoms with Gasteiger partial charge in [0.25, 0.3) is 5.91 Å². The summed E-state index contributed by atoms with van der Waals surface area (Å²) in [6.07, 6.45) is 1.07. The highest BCUT2D eigenvalue weighted by molar-refractivity contribution is 14.1.